The topological polar surface area (TPSA) is 29.1 Å². The standard InChI is InChI=1S/C10H19NO/c1-4-6-9-7(3)11-10(12)8(9)5-2/h7-9H,4-6H2,1-3H3,(H,11,12)/t7-,8-,9-/m0/s1. The van der Waals surface area contributed by atoms with Crippen LogP contribution in [0.15, 0.2) is 0 Å². The van der Waals surface area contributed by atoms with Crippen molar-refractivity contribution in [1.29, 1.82) is 0 Å². The van der Waals surface area contributed by atoms with Gasteiger partial charge in [-0.1, -0.05) is 20.3 Å². The van der Waals surface area contributed by atoms with E-state index in [9.17, 15) is 4.79 Å². The molecule has 1 N–H and O–H groups in total. The van der Waals surface area contributed by atoms with Crippen molar-refractivity contribution >= 4 is 5.91 Å². The first kappa shape index (κ1) is 9.56. The molecule has 1 saturated heterocycles. The van der Waals surface area contributed by atoms with Gasteiger partial charge in [0.15, 0.2) is 0 Å². The van der Waals surface area contributed by atoms with E-state index in [1.807, 2.05) is 0 Å². The molecule has 0 saturated carbocycles. The second-order valence-corrected chi connectivity index (χ2v) is 3.76. The number of carbonyl (C=O) groups excluding carboxylic acids is 1. The number of hydrogen-bond donors (Lipinski definition) is 1. The molecule has 0 aromatic rings. The van der Waals surface area contributed by atoms with E-state index in [0.717, 1.165) is 6.42 Å². The van der Waals surface area contributed by atoms with Crippen LogP contribution in [-0.2, 0) is 4.79 Å². The predicted molar refractivity (Wildman–Crippen MR) is 49.8 cm³/mol. The second kappa shape index (κ2) is 3.92. The minimum Gasteiger partial charge on any atom is -0.353 e. The maximum atomic E-state index is 11.4. The van der Waals surface area contributed by atoms with Crippen molar-refractivity contribution < 1.29 is 4.79 Å². The van der Waals surface area contributed by atoms with Crippen LogP contribution in [0, 0.1) is 11.8 Å². The highest BCUT2D eigenvalue weighted by Crippen LogP contribution is 2.29. The number of amides is 1. The summed E-state index contributed by atoms with van der Waals surface area (Å²) in [6, 6.07) is 0.391. The third kappa shape index (κ3) is 1.62. The van der Waals surface area contributed by atoms with Crippen molar-refractivity contribution in [1.82, 2.24) is 5.32 Å². The first-order valence-electron chi connectivity index (χ1n) is 5.01. The lowest BCUT2D eigenvalue weighted by atomic mass is 9.85. The zero-order valence-corrected chi connectivity index (χ0v) is 8.26. The maximum Gasteiger partial charge on any atom is 0.223 e. The largest absolute Gasteiger partial charge is 0.353 e. The van der Waals surface area contributed by atoms with Gasteiger partial charge in [-0.3, -0.25) is 4.79 Å². The SMILES string of the molecule is CCC[C@H]1[C@H](C)NC(=O)[C@H]1CC. The minimum atomic E-state index is 0.267. The predicted octanol–water partition coefficient (Wildman–Crippen LogP) is 1.95. The quantitative estimate of drug-likeness (QED) is 0.687. The van der Waals surface area contributed by atoms with Crippen LogP contribution in [0.3, 0.4) is 0 Å². The summed E-state index contributed by atoms with van der Waals surface area (Å²) >= 11 is 0. The Balaban J connectivity index is 2.61. The fourth-order valence-electron chi connectivity index (χ4n) is 2.25. The van der Waals surface area contributed by atoms with E-state index >= 15 is 0 Å². The smallest absolute Gasteiger partial charge is 0.223 e. The van der Waals surface area contributed by atoms with E-state index in [1.165, 1.54) is 12.8 Å². The normalized spacial score (nSPS) is 35.2. The average molecular weight is 169 g/mol. The molecule has 1 aliphatic rings. The number of rotatable bonds is 3. The molecule has 1 rings (SSSR count). The molecule has 1 amide bonds. The molecule has 0 aliphatic carbocycles. The lowest BCUT2D eigenvalue weighted by molar-refractivity contribution is -0.123. The fraction of sp³-hybridized carbons (Fsp3) is 0.900. The van der Waals surface area contributed by atoms with Crippen LogP contribution in [0.5, 0.6) is 0 Å². The Morgan fingerprint density at radius 3 is 2.58 bits per heavy atom. The third-order valence-corrected chi connectivity index (χ3v) is 2.93. The van der Waals surface area contributed by atoms with Gasteiger partial charge in [0, 0.05) is 12.0 Å². The Kier molecular flexibility index (Phi) is 3.12. The molecule has 2 nitrogen and oxygen atoms in total. The first-order valence-corrected chi connectivity index (χ1v) is 5.01. The molecule has 12 heavy (non-hydrogen) atoms. The summed E-state index contributed by atoms with van der Waals surface area (Å²) < 4.78 is 0. The number of hydrogen-bond acceptors (Lipinski definition) is 1. The van der Waals surface area contributed by atoms with Crippen LogP contribution >= 0.6 is 0 Å². The first-order chi connectivity index (χ1) is 5.70. The zero-order valence-electron chi connectivity index (χ0n) is 8.26. The van der Waals surface area contributed by atoms with Crippen LogP contribution in [0.1, 0.15) is 40.0 Å². The highest BCUT2D eigenvalue weighted by atomic mass is 16.2. The van der Waals surface area contributed by atoms with Crippen LogP contribution in [0.25, 0.3) is 0 Å². The van der Waals surface area contributed by atoms with Crippen LogP contribution < -0.4 is 5.32 Å². The van der Waals surface area contributed by atoms with Crippen LogP contribution in [-0.4, -0.2) is 11.9 Å². The van der Waals surface area contributed by atoms with E-state index in [2.05, 4.69) is 26.1 Å². The molecule has 0 aromatic heterocycles. The van der Waals surface area contributed by atoms with Gasteiger partial charge in [0.25, 0.3) is 0 Å². The molecular weight excluding hydrogens is 150 g/mol. The minimum absolute atomic E-state index is 0.267. The molecular formula is C10H19NO. The second-order valence-electron chi connectivity index (χ2n) is 3.76. The van der Waals surface area contributed by atoms with Gasteiger partial charge >= 0.3 is 0 Å². The molecule has 0 unspecified atom stereocenters. The van der Waals surface area contributed by atoms with Gasteiger partial charge < -0.3 is 5.32 Å². The summed E-state index contributed by atoms with van der Waals surface area (Å²) in [5.74, 6) is 1.12. The monoisotopic (exact) mass is 169 g/mol. The fourth-order valence-corrected chi connectivity index (χ4v) is 2.25. The summed E-state index contributed by atoms with van der Waals surface area (Å²) in [6.07, 6.45) is 3.35. The maximum absolute atomic E-state index is 11.4. The lowest BCUT2D eigenvalue weighted by Gasteiger charge is -2.17. The van der Waals surface area contributed by atoms with Gasteiger partial charge in [0.05, 0.1) is 0 Å². The molecule has 0 radical (unpaired) electrons. The number of nitrogens with one attached hydrogen (secondary N) is 1. The van der Waals surface area contributed by atoms with Gasteiger partial charge in [0.1, 0.15) is 0 Å². The highest BCUT2D eigenvalue weighted by Gasteiger charge is 2.37. The summed E-state index contributed by atoms with van der Waals surface area (Å²) in [5.41, 5.74) is 0. The van der Waals surface area contributed by atoms with Crippen LogP contribution in [0.2, 0.25) is 0 Å². The Labute approximate surface area is 74.7 Å². The molecule has 0 aromatic carbocycles. The summed E-state index contributed by atoms with van der Waals surface area (Å²) in [6.45, 7) is 6.40. The van der Waals surface area contributed by atoms with Crippen LogP contribution in [0.4, 0.5) is 0 Å². The average Bonchev–Trinajstić information content (AvgIpc) is 2.28. The summed E-state index contributed by atoms with van der Waals surface area (Å²) in [7, 11) is 0. The van der Waals surface area contributed by atoms with E-state index < -0.39 is 0 Å². The lowest BCUT2D eigenvalue weighted by Crippen LogP contribution is -2.25. The van der Waals surface area contributed by atoms with Gasteiger partial charge in [-0.2, -0.15) is 0 Å². The van der Waals surface area contributed by atoms with Crippen molar-refractivity contribution in [2.75, 3.05) is 0 Å². The third-order valence-electron chi connectivity index (χ3n) is 2.93. The molecule has 3 atom stereocenters. The molecule has 70 valence electrons. The van der Waals surface area contributed by atoms with Gasteiger partial charge in [-0.25, -0.2) is 0 Å². The number of carbonyl (C=O) groups is 1. The van der Waals surface area contributed by atoms with E-state index in [0.29, 0.717) is 12.0 Å². The van der Waals surface area contributed by atoms with Gasteiger partial charge in [0.2, 0.25) is 5.91 Å². The summed E-state index contributed by atoms with van der Waals surface area (Å²) in [5, 5.41) is 3.01. The van der Waals surface area contributed by atoms with E-state index in [-0.39, 0.29) is 11.8 Å². The molecule has 0 spiro atoms. The summed E-state index contributed by atoms with van der Waals surface area (Å²) in [4.78, 5) is 11.4. The Morgan fingerprint density at radius 2 is 2.08 bits per heavy atom. The van der Waals surface area contributed by atoms with Gasteiger partial charge in [-0.15, -0.1) is 0 Å². The Bertz CT molecular complexity index is 167. The molecule has 0 bridgehead atoms. The van der Waals surface area contributed by atoms with E-state index in [4.69, 9.17) is 0 Å². The Morgan fingerprint density at radius 1 is 1.42 bits per heavy atom. The highest BCUT2D eigenvalue weighted by molar-refractivity contribution is 5.81. The van der Waals surface area contributed by atoms with Crippen molar-refractivity contribution in [3.63, 3.8) is 0 Å². The molecule has 1 heterocycles. The van der Waals surface area contributed by atoms with Crippen molar-refractivity contribution in [2.24, 2.45) is 11.8 Å². The Hall–Kier alpha value is -0.530. The van der Waals surface area contributed by atoms with E-state index in [1.54, 1.807) is 0 Å². The zero-order chi connectivity index (χ0) is 9.14. The van der Waals surface area contributed by atoms with Crippen molar-refractivity contribution in [3.05, 3.63) is 0 Å². The van der Waals surface area contributed by atoms with Crippen molar-refractivity contribution in [2.45, 2.75) is 46.1 Å². The van der Waals surface area contributed by atoms with Crippen molar-refractivity contribution in [3.8, 4) is 0 Å². The molecule has 1 aliphatic heterocycles. The molecule has 1 fully saturated rings. The molecule has 2 heteroatoms. The van der Waals surface area contributed by atoms with Gasteiger partial charge in [-0.05, 0) is 25.7 Å².